The van der Waals surface area contributed by atoms with Crippen molar-refractivity contribution < 1.29 is 4.74 Å². The number of benzene rings is 1. The Balaban J connectivity index is 1.90. The lowest BCUT2D eigenvalue weighted by atomic mass is 9.91. The van der Waals surface area contributed by atoms with Gasteiger partial charge in [-0.2, -0.15) is 0 Å². The molecule has 0 saturated heterocycles. The van der Waals surface area contributed by atoms with Crippen molar-refractivity contribution in [3.8, 4) is 5.75 Å². The van der Waals surface area contributed by atoms with Crippen LogP contribution in [0, 0.1) is 0 Å². The van der Waals surface area contributed by atoms with Gasteiger partial charge in [-0.15, -0.1) is 0 Å². The maximum Gasteiger partial charge on any atom is 0.119 e. The number of rotatable bonds is 5. The summed E-state index contributed by atoms with van der Waals surface area (Å²) >= 11 is 0. The minimum Gasteiger partial charge on any atom is -0.491 e. The van der Waals surface area contributed by atoms with Gasteiger partial charge in [0.25, 0.3) is 0 Å². The molecule has 1 fully saturated rings. The fourth-order valence-electron chi connectivity index (χ4n) is 2.94. The van der Waals surface area contributed by atoms with E-state index in [0.29, 0.717) is 18.1 Å². The minimum absolute atomic E-state index is 0.222. The van der Waals surface area contributed by atoms with Gasteiger partial charge in [0.05, 0.1) is 6.10 Å². The van der Waals surface area contributed by atoms with E-state index in [1.807, 2.05) is 13.8 Å². The van der Waals surface area contributed by atoms with Crippen molar-refractivity contribution in [1.29, 1.82) is 0 Å². The lowest BCUT2D eigenvalue weighted by molar-refractivity contribution is 0.242. The smallest absolute Gasteiger partial charge is 0.119 e. The van der Waals surface area contributed by atoms with E-state index in [1.165, 1.54) is 24.8 Å². The summed E-state index contributed by atoms with van der Waals surface area (Å²) < 4.78 is 5.68. The molecule has 0 bridgehead atoms. The standard InChI is InChI=1S/C17H28N2O/c1-12(2)20-17-9-7-14(8-10-17)13(3)19-16-6-4-5-15(18)11-16/h7-10,12-13,15-16,19H,4-6,11,18H2,1-3H3. The van der Waals surface area contributed by atoms with Gasteiger partial charge in [-0.05, 0) is 57.7 Å². The van der Waals surface area contributed by atoms with Crippen molar-refractivity contribution >= 4 is 0 Å². The summed E-state index contributed by atoms with van der Waals surface area (Å²) in [5, 5.41) is 3.70. The van der Waals surface area contributed by atoms with Crippen LogP contribution >= 0.6 is 0 Å². The molecule has 0 aliphatic heterocycles. The first-order chi connectivity index (χ1) is 9.54. The third-order valence-corrected chi connectivity index (χ3v) is 3.95. The molecule has 112 valence electrons. The van der Waals surface area contributed by atoms with Crippen molar-refractivity contribution in [3.05, 3.63) is 29.8 Å². The first kappa shape index (κ1) is 15.3. The molecule has 1 saturated carbocycles. The SMILES string of the molecule is CC(C)Oc1ccc(C(C)NC2CCCC(N)C2)cc1. The third-order valence-electron chi connectivity index (χ3n) is 3.95. The predicted molar refractivity (Wildman–Crippen MR) is 84.0 cm³/mol. The van der Waals surface area contributed by atoms with Gasteiger partial charge in [-0.3, -0.25) is 0 Å². The van der Waals surface area contributed by atoms with Crippen molar-refractivity contribution in [3.63, 3.8) is 0 Å². The van der Waals surface area contributed by atoms with Gasteiger partial charge in [0.15, 0.2) is 0 Å². The molecular formula is C17H28N2O. The average Bonchev–Trinajstić information content (AvgIpc) is 2.38. The molecule has 0 radical (unpaired) electrons. The molecule has 2 rings (SSSR count). The van der Waals surface area contributed by atoms with Gasteiger partial charge in [-0.25, -0.2) is 0 Å². The molecule has 0 aromatic heterocycles. The second-order valence-corrected chi connectivity index (χ2v) is 6.25. The Kier molecular flexibility index (Phi) is 5.44. The van der Waals surface area contributed by atoms with Crippen molar-refractivity contribution in [2.24, 2.45) is 5.73 Å². The van der Waals surface area contributed by atoms with E-state index in [4.69, 9.17) is 10.5 Å². The molecule has 3 nitrogen and oxygen atoms in total. The summed E-state index contributed by atoms with van der Waals surface area (Å²) in [6.45, 7) is 6.31. The van der Waals surface area contributed by atoms with Gasteiger partial charge in [0.1, 0.15) is 5.75 Å². The Morgan fingerprint density at radius 3 is 2.45 bits per heavy atom. The van der Waals surface area contributed by atoms with Gasteiger partial charge in [0, 0.05) is 18.1 Å². The predicted octanol–water partition coefficient (Wildman–Crippen LogP) is 3.39. The molecule has 0 heterocycles. The Morgan fingerprint density at radius 1 is 1.15 bits per heavy atom. The van der Waals surface area contributed by atoms with E-state index in [9.17, 15) is 0 Å². The fraction of sp³-hybridized carbons (Fsp3) is 0.647. The molecule has 1 aromatic rings. The second kappa shape index (κ2) is 7.09. The van der Waals surface area contributed by atoms with Gasteiger partial charge >= 0.3 is 0 Å². The van der Waals surface area contributed by atoms with Crippen LogP contribution in [0.3, 0.4) is 0 Å². The number of nitrogens with two attached hydrogens (primary N) is 1. The topological polar surface area (TPSA) is 47.3 Å². The zero-order valence-electron chi connectivity index (χ0n) is 12.9. The summed E-state index contributed by atoms with van der Waals surface area (Å²) in [4.78, 5) is 0. The Bertz CT molecular complexity index is 402. The van der Waals surface area contributed by atoms with Crippen molar-refractivity contribution in [1.82, 2.24) is 5.32 Å². The molecule has 0 spiro atoms. The highest BCUT2D eigenvalue weighted by molar-refractivity contribution is 5.29. The lowest BCUT2D eigenvalue weighted by Gasteiger charge is -2.30. The van der Waals surface area contributed by atoms with Gasteiger partial charge < -0.3 is 15.8 Å². The van der Waals surface area contributed by atoms with E-state index < -0.39 is 0 Å². The number of hydrogen-bond acceptors (Lipinski definition) is 3. The first-order valence-corrected chi connectivity index (χ1v) is 7.83. The summed E-state index contributed by atoms with van der Waals surface area (Å²) in [7, 11) is 0. The Morgan fingerprint density at radius 2 is 1.85 bits per heavy atom. The Hall–Kier alpha value is -1.06. The molecular weight excluding hydrogens is 248 g/mol. The molecule has 20 heavy (non-hydrogen) atoms. The largest absolute Gasteiger partial charge is 0.491 e. The van der Waals surface area contributed by atoms with E-state index in [2.05, 4.69) is 36.5 Å². The summed E-state index contributed by atoms with van der Waals surface area (Å²) in [6.07, 6.45) is 4.98. The quantitative estimate of drug-likeness (QED) is 0.866. The molecule has 3 unspecified atom stereocenters. The molecule has 3 heteroatoms. The van der Waals surface area contributed by atoms with E-state index in [1.54, 1.807) is 0 Å². The molecule has 1 aliphatic rings. The highest BCUT2D eigenvalue weighted by Crippen LogP contribution is 2.22. The molecule has 3 N–H and O–H groups in total. The van der Waals surface area contributed by atoms with Crippen LogP contribution in [-0.4, -0.2) is 18.2 Å². The van der Waals surface area contributed by atoms with Crippen LogP contribution in [0.15, 0.2) is 24.3 Å². The summed E-state index contributed by atoms with van der Waals surface area (Å²) in [6, 6.07) is 9.70. The fourth-order valence-corrected chi connectivity index (χ4v) is 2.94. The average molecular weight is 276 g/mol. The third kappa shape index (κ3) is 4.50. The van der Waals surface area contributed by atoms with Crippen LogP contribution in [-0.2, 0) is 0 Å². The summed E-state index contributed by atoms with van der Waals surface area (Å²) in [5.74, 6) is 0.940. The molecule has 1 aliphatic carbocycles. The van der Waals surface area contributed by atoms with Gasteiger partial charge in [0.2, 0.25) is 0 Å². The zero-order chi connectivity index (χ0) is 14.5. The summed E-state index contributed by atoms with van der Waals surface area (Å²) in [5.41, 5.74) is 7.35. The van der Waals surface area contributed by atoms with Crippen LogP contribution in [0.4, 0.5) is 0 Å². The normalized spacial score (nSPS) is 24.6. The lowest BCUT2D eigenvalue weighted by Crippen LogP contribution is -2.40. The van der Waals surface area contributed by atoms with Crippen LogP contribution in [0.25, 0.3) is 0 Å². The Labute approximate surface area is 122 Å². The van der Waals surface area contributed by atoms with E-state index >= 15 is 0 Å². The second-order valence-electron chi connectivity index (χ2n) is 6.25. The van der Waals surface area contributed by atoms with Crippen LogP contribution in [0.1, 0.15) is 58.1 Å². The minimum atomic E-state index is 0.222. The monoisotopic (exact) mass is 276 g/mol. The van der Waals surface area contributed by atoms with Crippen molar-refractivity contribution in [2.45, 2.75) is 70.7 Å². The number of hydrogen-bond donors (Lipinski definition) is 2. The van der Waals surface area contributed by atoms with Crippen LogP contribution < -0.4 is 15.8 Å². The number of ether oxygens (including phenoxy) is 1. The number of nitrogens with one attached hydrogen (secondary N) is 1. The molecule has 1 aromatic carbocycles. The van der Waals surface area contributed by atoms with Gasteiger partial charge in [-0.1, -0.05) is 18.6 Å². The van der Waals surface area contributed by atoms with E-state index in [-0.39, 0.29) is 6.10 Å². The van der Waals surface area contributed by atoms with E-state index in [0.717, 1.165) is 12.2 Å². The van der Waals surface area contributed by atoms with Crippen LogP contribution in [0.2, 0.25) is 0 Å². The highest BCUT2D eigenvalue weighted by Gasteiger charge is 2.20. The molecule has 0 amide bonds. The molecule has 3 atom stereocenters. The van der Waals surface area contributed by atoms with Crippen molar-refractivity contribution in [2.75, 3.05) is 0 Å². The maximum atomic E-state index is 6.05. The zero-order valence-corrected chi connectivity index (χ0v) is 12.9. The first-order valence-electron chi connectivity index (χ1n) is 7.83. The maximum absolute atomic E-state index is 6.05. The highest BCUT2D eigenvalue weighted by atomic mass is 16.5. The van der Waals surface area contributed by atoms with Crippen LogP contribution in [0.5, 0.6) is 5.75 Å².